The molecule has 0 bridgehead atoms. The van der Waals surface area contributed by atoms with Gasteiger partial charge in [0, 0.05) is 27.6 Å². The Kier molecular flexibility index (Phi) is 5.14. The van der Waals surface area contributed by atoms with Gasteiger partial charge in [0.25, 0.3) is 5.91 Å². The summed E-state index contributed by atoms with van der Waals surface area (Å²) in [6, 6.07) is 25.8. The summed E-state index contributed by atoms with van der Waals surface area (Å²) in [6.07, 6.45) is 3.82. The zero-order chi connectivity index (χ0) is 21.2. The van der Waals surface area contributed by atoms with E-state index in [0.29, 0.717) is 12.2 Å². The highest BCUT2D eigenvalue weighted by Gasteiger charge is 2.17. The van der Waals surface area contributed by atoms with Crippen molar-refractivity contribution >= 4 is 45.2 Å². The highest BCUT2D eigenvalue weighted by molar-refractivity contribution is 7.98. The van der Waals surface area contributed by atoms with Crippen molar-refractivity contribution in [2.45, 2.75) is 11.4 Å². The Morgan fingerprint density at radius 3 is 2.68 bits per heavy atom. The molecule has 31 heavy (non-hydrogen) atoms. The summed E-state index contributed by atoms with van der Waals surface area (Å²) in [5, 5.41) is 9.47. The van der Waals surface area contributed by atoms with Crippen LogP contribution in [0.4, 0.5) is 5.69 Å². The highest BCUT2D eigenvalue weighted by atomic mass is 32.2. The van der Waals surface area contributed by atoms with E-state index in [1.807, 2.05) is 59.3 Å². The molecule has 0 aliphatic rings. The number of benzene rings is 3. The van der Waals surface area contributed by atoms with Crippen LogP contribution >= 0.6 is 11.8 Å². The molecule has 152 valence electrons. The maximum atomic E-state index is 13.1. The number of thioether (sulfide) groups is 1. The Labute approximate surface area is 184 Å². The summed E-state index contributed by atoms with van der Waals surface area (Å²) in [7, 11) is 0. The van der Waals surface area contributed by atoms with Crippen LogP contribution in [0.1, 0.15) is 16.1 Å². The van der Waals surface area contributed by atoms with Gasteiger partial charge < -0.3 is 5.32 Å². The van der Waals surface area contributed by atoms with Crippen molar-refractivity contribution in [3.8, 4) is 0 Å². The van der Waals surface area contributed by atoms with E-state index in [-0.39, 0.29) is 5.91 Å². The molecular formula is C25H20N4OS. The van der Waals surface area contributed by atoms with Crippen molar-refractivity contribution in [3.05, 3.63) is 96.3 Å². The first-order valence-corrected chi connectivity index (χ1v) is 11.2. The van der Waals surface area contributed by atoms with Gasteiger partial charge in [-0.15, -0.1) is 11.8 Å². The Morgan fingerprint density at radius 2 is 1.84 bits per heavy atom. The molecule has 2 aromatic heterocycles. The van der Waals surface area contributed by atoms with E-state index < -0.39 is 0 Å². The number of aromatic nitrogens is 3. The molecule has 1 N–H and O–H groups in total. The SMILES string of the molecule is CSc1ccc(Cn2nc(C(=O)Nc3ccc4ncccc4c3)c3ccccc32)cc1. The Balaban J connectivity index is 1.46. The number of carbonyl (C=O) groups is 1. The molecule has 0 saturated heterocycles. The standard InChI is InChI=1S/C25H20N4OS/c1-31-20-11-8-17(9-12-20)16-29-23-7-3-2-6-21(23)24(28-29)25(30)27-19-10-13-22-18(15-19)5-4-14-26-22/h2-15H,16H2,1H3,(H,27,30). The fourth-order valence-electron chi connectivity index (χ4n) is 3.66. The van der Waals surface area contributed by atoms with Crippen LogP contribution in [0.2, 0.25) is 0 Å². The van der Waals surface area contributed by atoms with Crippen molar-refractivity contribution in [2.75, 3.05) is 11.6 Å². The zero-order valence-corrected chi connectivity index (χ0v) is 17.8. The summed E-state index contributed by atoms with van der Waals surface area (Å²) in [5.41, 5.74) is 4.10. The van der Waals surface area contributed by atoms with E-state index in [9.17, 15) is 4.79 Å². The quantitative estimate of drug-likeness (QED) is 0.373. The number of hydrogen-bond acceptors (Lipinski definition) is 4. The fourth-order valence-corrected chi connectivity index (χ4v) is 4.07. The molecule has 5 nitrogen and oxygen atoms in total. The predicted octanol–water partition coefficient (Wildman–Crippen LogP) is 5.61. The van der Waals surface area contributed by atoms with Crippen LogP contribution in [0.25, 0.3) is 21.8 Å². The number of rotatable bonds is 5. The second kappa shape index (κ2) is 8.24. The third kappa shape index (κ3) is 3.90. The molecule has 0 aliphatic heterocycles. The van der Waals surface area contributed by atoms with Gasteiger partial charge in [-0.2, -0.15) is 5.10 Å². The predicted molar refractivity (Wildman–Crippen MR) is 127 cm³/mol. The number of hydrogen-bond donors (Lipinski definition) is 1. The van der Waals surface area contributed by atoms with Crippen molar-refractivity contribution in [1.82, 2.24) is 14.8 Å². The maximum absolute atomic E-state index is 13.1. The third-order valence-electron chi connectivity index (χ3n) is 5.23. The number of anilines is 1. The molecule has 2 heterocycles. The van der Waals surface area contributed by atoms with Crippen molar-refractivity contribution in [2.24, 2.45) is 0 Å². The lowest BCUT2D eigenvalue weighted by atomic mass is 10.1. The highest BCUT2D eigenvalue weighted by Crippen LogP contribution is 2.23. The van der Waals surface area contributed by atoms with Gasteiger partial charge >= 0.3 is 0 Å². The number of carbonyl (C=O) groups excluding carboxylic acids is 1. The molecule has 0 fully saturated rings. The Hall–Kier alpha value is -3.64. The molecule has 5 aromatic rings. The maximum Gasteiger partial charge on any atom is 0.276 e. The van der Waals surface area contributed by atoms with E-state index in [1.165, 1.54) is 4.90 Å². The van der Waals surface area contributed by atoms with Crippen LogP contribution < -0.4 is 5.32 Å². The monoisotopic (exact) mass is 424 g/mol. The van der Waals surface area contributed by atoms with E-state index in [4.69, 9.17) is 0 Å². The van der Waals surface area contributed by atoms with Gasteiger partial charge in [-0.1, -0.05) is 36.4 Å². The Morgan fingerprint density at radius 1 is 1.00 bits per heavy atom. The van der Waals surface area contributed by atoms with E-state index in [0.717, 1.165) is 33.1 Å². The van der Waals surface area contributed by atoms with Gasteiger partial charge in [0.15, 0.2) is 5.69 Å². The minimum absolute atomic E-state index is 0.226. The average Bonchev–Trinajstić information content (AvgIpc) is 3.18. The smallest absolute Gasteiger partial charge is 0.276 e. The van der Waals surface area contributed by atoms with Gasteiger partial charge in [0.2, 0.25) is 0 Å². The summed E-state index contributed by atoms with van der Waals surface area (Å²) in [6.45, 7) is 0.601. The lowest BCUT2D eigenvalue weighted by molar-refractivity contribution is 0.102. The largest absolute Gasteiger partial charge is 0.321 e. The van der Waals surface area contributed by atoms with Gasteiger partial charge in [-0.25, -0.2) is 0 Å². The Bertz CT molecular complexity index is 1390. The van der Waals surface area contributed by atoms with Crippen LogP contribution in [0, 0.1) is 0 Å². The number of fused-ring (bicyclic) bond motifs is 2. The van der Waals surface area contributed by atoms with E-state index >= 15 is 0 Å². The van der Waals surface area contributed by atoms with Crippen LogP contribution in [-0.4, -0.2) is 26.9 Å². The zero-order valence-electron chi connectivity index (χ0n) is 16.9. The first-order valence-electron chi connectivity index (χ1n) is 9.96. The second-order valence-corrected chi connectivity index (χ2v) is 8.12. The molecule has 5 rings (SSSR count). The van der Waals surface area contributed by atoms with E-state index in [1.54, 1.807) is 18.0 Å². The minimum Gasteiger partial charge on any atom is -0.321 e. The number of para-hydroxylation sites is 1. The molecule has 0 radical (unpaired) electrons. The molecule has 0 atom stereocenters. The topological polar surface area (TPSA) is 59.8 Å². The van der Waals surface area contributed by atoms with Gasteiger partial charge in [-0.3, -0.25) is 14.5 Å². The van der Waals surface area contributed by atoms with Crippen molar-refractivity contribution in [3.63, 3.8) is 0 Å². The second-order valence-electron chi connectivity index (χ2n) is 7.24. The molecule has 0 unspecified atom stereocenters. The minimum atomic E-state index is -0.226. The van der Waals surface area contributed by atoms with Gasteiger partial charge in [0.1, 0.15) is 0 Å². The van der Waals surface area contributed by atoms with Crippen LogP contribution in [0.5, 0.6) is 0 Å². The lowest BCUT2D eigenvalue weighted by Crippen LogP contribution is -2.14. The summed E-state index contributed by atoms with van der Waals surface area (Å²) in [4.78, 5) is 18.7. The van der Waals surface area contributed by atoms with Crippen molar-refractivity contribution in [1.29, 1.82) is 0 Å². The van der Waals surface area contributed by atoms with E-state index in [2.05, 4.69) is 45.9 Å². The average molecular weight is 425 g/mol. The number of nitrogens with one attached hydrogen (secondary N) is 1. The molecule has 0 spiro atoms. The van der Waals surface area contributed by atoms with Gasteiger partial charge in [0.05, 0.1) is 17.6 Å². The molecule has 3 aromatic carbocycles. The fraction of sp³-hybridized carbons (Fsp3) is 0.0800. The van der Waals surface area contributed by atoms with Gasteiger partial charge in [-0.05, 0) is 54.3 Å². The number of pyridine rings is 1. The first kappa shape index (κ1) is 19.3. The number of nitrogens with zero attached hydrogens (tertiary/aromatic N) is 3. The molecule has 0 saturated carbocycles. The third-order valence-corrected chi connectivity index (χ3v) is 5.97. The first-order chi connectivity index (χ1) is 15.2. The normalized spacial score (nSPS) is 11.1. The molecule has 0 aliphatic carbocycles. The van der Waals surface area contributed by atoms with Crippen molar-refractivity contribution < 1.29 is 4.79 Å². The van der Waals surface area contributed by atoms with Crippen LogP contribution in [-0.2, 0) is 6.54 Å². The molecular weight excluding hydrogens is 404 g/mol. The molecule has 1 amide bonds. The summed E-state index contributed by atoms with van der Waals surface area (Å²) in [5.74, 6) is -0.226. The molecule has 6 heteroatoms. The van der Waals surface area contributed by atoms with Crippen LogP contribution in [0.3, 0.4) is 0 Å². The summed E-state index contributed by atoms with van der Waals surface area (Å²) < 4.78 is 1.89. The number of amides is 1. The lowest BCUT2D eigenvalue weighted by Gasteiger charge is -2.05. The van der Waals surface area contributed by atoms with Crippen LogP contribution in [0.15, 0.2) is 90.0 Å². The summed E-state index contributed by atoms with van der Waals surface area (Å²) >= 11 is 1.72.